The second kappa shape index (κ2) is 5.10. The summed E-state index contributed by atoms with van der Waals surface area (Å²) in [5.74, 6) is 0.573. The summed E-state index contributed by atoms with van der Waals surface area (Å²) < 4.78 is 5.87. The van der Waals surface area contributed by atoms with Crippen LogP contribution in [0.5, 0.6) is 0 Å². The second-order valence-corrected chi connectivity index (χ2v) is 6.72. The molecule has 3 atom stereocenters. The fraction of sp³-hybridized carbons (Fsp3) is 1.00. The van der Waals surface area contributed by atoms with Gasteiger partial charge in [0.1, 0.15) is 0 Å². The van der Waals surface area contributed by atoms with Crippen molar-refractivity contribution in [3.63, 3.8) is 0 Å². The molecule has 0 aromatic carbocycles. The van der Waals surface area contributed by atoms with Crippen LogP contribution in [0.15, 0.2) is 0 Å². The number of nitrogens with zero attached hydrogens (tertiary/aromatic N) is 1. The predicted octanol–water partition coefficient (Wildman–Crippen LogP) is 2.25. The van der Waals surface area contributed by atoms with Gasteiger partial charge in [0, 0.05) is 30.0 Å². The van der Waals surface area contributed by atoms with Gasteiger partial charge in [-0.3, -0.25) is 0 Å². The van der Waals surface area contributed by atoms with Crippen LogP contribution in [0, 0.1) is 11.3 Å². The van der Waals surface area contributed by atoms with E-state index < -0.39 is 0 Å². The molecule has 2 rings (SSSR count). The lowest BCUT2D eigenvalue weighted by molar-refractivity contribution is -0.163. The number of hydrogen-bond donors (Lipinski definition) is 1. The lowest BCUT2D eigenvalue weighted by Crippen LogP contribution is -2.78. The highest BCUT2D eigenvalue weighted by Gasteiger charge is 2.67. The molecule has 2 N–H and O–H groups in total. The van der Waals surface area contributed by atoms with Crippen molar-refractivity contribution < 1.29 is 4.74 Å². The Hall–Kier alpha value is -0.120. The third-order valence-electron chi connectivity index (χ3n) is 5.23. The second-order valence-electron chi connectivity index (χ2n) is 6.72. The highest BCUT2D eigenvalue weighted by molar-refractivity contribution is 5.21. The van der Waals surface area contributed by atoms with Crippen molar-refractivity contribution in [2.75, 3.05) is 26.2 Å². The molecule has 2 fully saturated rings. The molecule has 1 saturated carbocycles. The Kier molecular flexibility index (Phi) is 4.05. The Balaban J connectivity index is 2.06. The van der Waals surface area contributed by atoms with Crippen LogP contribution in [0.4, 0.5) is 0 Å². The maximum Gasteiger partial charge on any atom is 0.0691 e. The van der Waals surface area contributed by atoms with Gasteiger partial charge in [0.15, 0.2) is 0 Å². The fourth-order valence-electron chi connectivity index (χ4n) is 4.07. The van der Waals surface area contributed by atoms with Gasteiger partial charge in [0.2, 0.25) is 0 Å². The van der Waals surface area contributed by atoms with E-state index in [0.717, 1.165) is 19.6 Å². The SMILES string of the molecule is CCCN(CCC)CC1(N)C2CCOC2C1(C)C. The van der Waals surface area contributed by atoms with Gasteiger partial charge in [0.05, 0.1) is 6.10 Å². The molecule has 0 spiro atoms. The van der Waals surface area contributed by atoms with E-state index in [-0.39, 0.29) is 11.0 Å². The van der Waals surface area contributed by atoms with Crippen LogP contribution in [0.25, 0.3) is 0 Å². The molecule has 1 saturated heterocycles. The van der Waals surface area contributed by atoms with E-state index in [2.05, 4.69) is 32.6 Å². The number of ether oxygens (including phenoxy) is 1. The topological polar surface area (TPSA) is 38.5 Å². The highest BCUT2D eigenvalue weighted by atomic mass is 16.5. The smallest absolute Gasteiger partial charge is 0.0691 e. The molecule has 1 aliphatic heterocycles. The minimum atomic E-state index is -0.0570. The molecule has 0 amide bonds. The molecule has 0 radical (unpaired) electrons. The number of nitrogens with two attached hydrogens (primary N) is 1. The molecule has 0 aromatic heterocycles. The van der Waals surface area contributed by atoms with Gasteiger partial charge in [-0.25, -0.2) is 0 Å². The van der Waals surface area contributed by atoms with Crippen LogP contribution in [0.3, 0.4) is 0 Å². The zero-order valence-corrected chi connectivity index (χ0v) is 12.5. The van der Waals surface area contributed by atoms with E-state index >= 15 is 0 Å². The van der Waals surface area contributed by atoms with E-state index in [9.17, 15) is 0 Å². The van der Waals surface area contributed by atoms with Crippen LogP contribution >= 0.6 is 0 Å². The van der Waals surface area contributed by atoms with Crippen LogP contribution in [0.1, 0.15) is 47.0 Å². The largest absolute Gasteiger partial charge is 0.377 e. The summed E-state index contributed by atoms with van der Waals surface area (Å²) in [5, 5.41) is 0. The molecule has 1 aliphatic carbocycles. The molecule has 0 aromatic rings. The minimum Gasteiger partial charge on any atom is -0.377 e. The normalized spacial score (nSPS) is 37.7. The van der Waals surface area contributed by atoms with Crippen molar-refractivity contribution in [3.8, 4) is 0 Å². The van der Waals surface area contributed by atoms with Crippen molar-refractivity contribution in [3.05, 3.63) is 0 Å². The quantitative estimate of drug-likeness (QED) is 0.790. The molecule has 106 valence electrons. The predicted molar refractivity (Wildman–Crippen MR) is 75.6 cm³/mol. The van der Waals surface area contributed by atoms with E-state index in [1.807, 2.05) is 0 Å². The molecule has 3 nitrogen and oxygen atoms in total. The summed E-state index contributed by atoms with van der Waals surface area (Å²) in [6.45, 7) is 13.3. The molecular weight excluding hydrogens is 224 g/mol. The average molecular weight is 254 g/mol. The first-order chi connectivity index (χ1) is 8.47. The van der Waals surface area contributed by atoms with Gasteiger partial charge in [-0.2, -0.15) is 0 Å². The van der Waals surface area contributed by atoms with Crippen molar-refractivity contribution in [2.45, 2.75) is 58.6 Å². The van der Waals surface area contributed by atoms with Crippen LogP contribution in [0.2, 0.25) is 0 Å². The Morgan fingerprint density at radius 3 is 2.39 bits per heavy atom. The van der Waals surface area contributed by atoms with E-state index in [0.29, 0.717) is 12.0 Å². The van der Waals surface area contributed by atoms with Crippen molar-refractivity contribution in [1.82, 2.24) is 4.90 Å². The third kappa shape index (κ3) is 2.00. The third-order valence-corrected chi connectivity index (χ3v) is 5.23. The van der Waals surface area contributed by atoms with Gasteiger partial charge in [-0.15, -0.1) is 0 Å². The molecule has 1 heterocycles. The van der Waals surface area contributed by atoms with Gasteiger partial charge in [-0.1, -0.05) is 27.7 Å². The summed E-state index contributed by atoms with van der Waals surface area (Å²) in [5.41, 5.74) is 6.87. The van der Waals surface area contributed by atoms with Crippen LogP contribution in [-0.2, 0) is 4.74 Å². The standard InChI is InChI=1S/C15H30N2O/c1-5-8-17(9-6-2)11-15(16)12-7-10-18-13(12)14(15,3)4/h12-13H,5-11,16H2,1-4H3. The van der Waals surface area contributed by atoms with E-state index in [4.69, 9.17) is 10.5 Å². The average Bonchev–Trinajstić information content (AvgIpc) is 2.77. The van der Waals surface area contributed by atoms with Crippen LogP contribution < -0.4 is 5.73 Å². The first-order valence-electron chi connectivity index (χ1n) is 7.60. The molecule has 0 bridgehead atoms. The molecular formula is C15H30N2O. The van der Waals surface area contributed by atoms with Crippen molar-refractivity contribution in [1.29, 1.82) is 0 Å². The Bertz CT molecular complexity index is 286. The summed E-state index contributed by atoms with van der Waals surface area (Å²) in [4.78, 5) is 2.55. The molecule has 2 aliphatic rings. The summed E-state index contributed by atoms with van der Waals surface area (Å²) in [6.07, 6.45) is 3.96. The van der Waals surface area contributed by atoms with Crippen molar-refractivity contribution >= 4 is 0 Å². The van der Waals surface area contributed by atoms with Gasteiger partial charge in [0.25, 0.3) is 0 Å². The highest BCUT2D eigenvalue weighted by Crippen LogP contribution is 2.58. The van der Waals surface area contributed by atoms with E-state index in [1.54, 1.807) is 0 Å². The minimum absolute atomic E-state index is 0.0570. The molecule has 3 unspecified atom stereocenters. The Morgan fingerprint density at radius 2 is 1.83 bits per heavy atom. The van der Waals surface area contributed by atoms with E-state index in [1.165, 1.54) is 25.9 Å². The maximum absolute atomic E-state index is 6.81. The number of rotatable bonds is 6. The molecule has 3 heteroatoms. The number of fused-ring (bicyclic) bond motifs is 1. The number of hydrogen-bond acceptors (Lipinski definition) is 3. The zero-order valence-electron chi connectivity index (χ0n) is 12.5. The monoisotopic (exact) mass is 254 g/mol. The van der Waals surface area contributed by atoms with Gasteiger partial charge >= 0.3 is 0 Å². The lowest BCUT2D eigenvalue weighted by atomic mass is 9.48. The van der Waals surface area contributed by atoms with Gasteiger partial charge in [-0.05, 0) is 32.4 Å². The summed E-state index contributed by atoms with van der Waals surface area (Å²) >= 11 is 0. The lowest BCUT2D eigenvalue weighted by Gasteiger charge is -2.63. The Labute approximate surface area is 112 Å². The maximum atomic E-state index is 6.81. The fourth-order valence-corrected chi connectivity index (χ4v) is 4.07. The van der Waals surface area contributed by atoms with Gasteiger partial charge < -0.3 is 15.4 Å². The van der Waals surface area contributed by atoms with Crippen molar-refractivity contribution in [2.24, 2.45) is 17.1 Å². The Morgan fingerprint density at radius 1 is 1.22 bits per heavy atom. The first kappa shape index (κ1) is 14.3. The molecule has 18 heavy (non-hydrogen) atoms. The first-order valence-corrected chi connectivity index (χ1v) is 7.60. The summed E-state index contributed by atoms with van der Waals surface area (Å²) in [6, 6.07) is 0. The zero-order chi connectivity index (χ0) is 13.4. The van der Waals surface area contributed by atoms with Crippen LogP contribution in [-0.4, -0.2) is 42.8 Å². The summed E-state index contributed by atoms with van der Waals surface area (Å²) in [7, 11) is 0.